The number of phenolic OH excluding ortho intramolecular Hbond substituents is 1. The minimum absolute atomic E-state index is 0.0290. The van der Waals surface area contributed by atoms with E-state index in [-0.39, 0.29) is 5.75 Å². The van der Waals surface area contributed by atoms with Gasteiger partial charge in [-0.25, -0.2) is 4.99 Å². The van der Waals surface area contributed by atoms with Gasteiger partial charge >= 0.3 is 0 Å². The van der Waals surface area contributed by atoms with Crippen molar-refractivity contribution in [2.75, 3.05) is 13.1 Å². The lowest BCUT2D eigenvalue weighted by molar-refractivity contribution is 0.475. The molecule has 1 fully saturated rings. The van der Waals surface area contributed by atoms with Gasteiger partial charge in [0.05, 0.1) is 10.0 Å². The van der Waals surface area contributed by atoms with E-state index in [2.05, 4.69) is 15.6 Å². The molecule has 1 heterocycles. The average molecular weight is 246 g/mol. The number of rotatable bonds is 1. The topological polar surface area (TPSA) is 56.7 Å². The molecule has 0 unspecified atom stereocenters. The van der Waals surface area contributed by atoms with Gasteiger partial charge in [-0.15, -0.1) is 0 Å². The van der Waals surface area contributed by atoms with E-state index in [9.17, 15) is 5.11 Å². The first kappa shape index (κ1) is 10.4. The van der Waals surface area contributed by atoms with Crippen molar-refractivity contribution in [3.8, 4) is 5.75 Å². The molecule has 6 heteroatoms. The van der Waals surface area contributed by atoms with Gasteiger partial charge in [-0.2, -0.15) is 0 Å². The molecular weight excluding hydrogens is 237 g/mol. The van der Waals surface area contributed by atoms with Gasteiger partial charge in [0.25, 0.3) is 0 Å². The van der Waals surface area contributed by atoms with E-state index in [4.69, 9.17) is 23.2 Å². The maximum absolute atomic E-state index is 9.23. The van der Waals surface area contributed by atoms with Gasteiger partial charge in [-0.1, -0.05) is 23.2 Å². The number of benzene rings is 1. The summed E-state index contributed by atoms with van der Waals surface area (Å²) in [5.74, 6) is 0.672. The summed E-state index contributed by atoms with van der Waals surface area (Å²) in [5.41, 5.74) is 0.452. The Morgan fingerprint density at radius 3 is 2.20 bits per heavy atom. The summed E-state index contributed by atoms with van der Waals surface area (Å²) in [6.45, 7) is 1.65. The van der Waals surface area contributed by atoms with Crippen LogP contribution < -0.4 is 10.6 Å². The van der Waals surface area contributed by atoms with E-state index in [0.29, 0.717) is 21.7 Å². The number of guanidine groups is 1. The van der Waals surface area contributed by atoms with Crippen molar-refractivity contribution in [1.82, 2.24) is 10.6 Å². The van der Waals surface area contributed by atoms with Crippen LogP contribution in [0.4, 0.5) is 5.69 Å². The average Bonchev–Trinajstić information content (AvgIpc) is 2.63. The number of hydrogen-bond donors (Lipinski definition) is 3. The standard InChI is InChI=1S/C9H9Cl2N3O/c10-6-3-5(15)4-7(11)8(6)14-9-12-1-2-13-9/h3-4,15H,1-2H2,(H2,12,13,14). The van der Waals surface area contributed by atoms with Crippen LogP contribution in [0.25, 0.3) is 0 Å². The van der Waals surface area contributed by atoms with Crippen molar-refractivity contribution < 1.29 is 5.11 Å². The second kappa shape index (κ2) is 4.16. The molecule has 1 aromatic rings. The Morgan fingerprint density at radius 1 is 1.13 bits per heavy atom. The molecule has 2 rings (SSSR count). The van der Waals surface area contributed by atoms with Crippen molar-refractivity contribution in [3.63, 3.8) is 0 Å². The fraction of sp³-hybridized carbons (Fsp3) is 0.222. The van der Waals surface area contributed by atoms with Crippen LogP contribution in [0.2, 0.25) is 10.0 Å². The molecule has 4 nitrogen and oxygen atoms in total. The van der Waals surface area contributed by atoms with Crippen molar-refractivity contribution >= 4 is 34.8 Å². The third-order valence-corrected chi connectivity index (χ3v) is 2.51. The Balaban J connectivity index is 2.39. The van der Waals surface area contributed by atoms with E-state index < -0.39 is 0 Å². The van der Waals surface area contributed by atoms with E-state index in [1.165, 1.54) is 12.1 Å². The van der Waals surface area contributed by atoms with Gasteiger partial charge in [0.1, 0.15) is 11.4 Å². The van der Waals surface area contributed by atoms with Gasteiger partial charge in [0.2, 0.25) is 0 Å². The first-order chi connectivity index (χ1) is 7.16. The number of phenols is 1. The molecular formula is C9H9Cl2N3O. The molecule has 1 aliphatic rings. The van der Waals surface area contributed by atoms with Crippen LogP contribution in [0.3, 0.4) is 0 Å². The van der Waals surface area contributed by atoms with Crippen LogP contribution in [-0.4, -0.2) is 24.2 Å². The lowest BCUT2D eigenvalue weighted by Crippen LogP contribution is -2.23. The van der Waals surface area contributed by atoms with E-state index >= 15 is 0 Å². The number of aromatic hydroxyl groups is 1. The van der Waals surface area contributed by atoms with E-state index in [1.807, 2.05) is 0 Å². The van der Waals surface area contributed by atoms with Crippen LogP contribution in [0.15, 0.2) is 17.1 Å². The van der Waals surface area contributed by atoms with Crippen LogP contribution >= 0.6 is 23.2 Å². The molecule has 0 spiro atoms. The summed E-state index contributed by atoms with van der Waals surface area (Å²) >= 11 is 11.8. The lowest BCUT2D eigenvalue weighted by atomic mass is 10.3. The van der Waals surface area contributed by atoms with Gasteiger partial charge in [-0.3, -0.25) is 0 Å². The summed E-state index contributed by atoms with van der Waals surface area (Å²) < 4.78 is 0. The molecule has 0 atom stereocenters. The molecule has 0 amide bonds. The fourth-order valence-electron chi connectivity index (χ4n) is 1.27. The maximum Gasteiger partial charge on any atom is 0.196 e. The third kappa shape index (κ3) is 2.27. The molecule has 0 radical (unpaired) electrons. The zero-order valence-corrected chi connectivity index (χ0v) is 9.23. The smallest absolute Gasteiger partial charge is 0.196 e. The third-order valence-electron chi connectivity index (χ3n) is 1.94. The predicted octanol–water partition coefficient (Wildman–Crippen LogP) is 1.88. The Bertz CT molecular complexity index is 389. The minimum Gasteiger partial charge on any atom is -0.508 e. The molecule has 1 saturated heterocycles. The van der Waals surface area contributed by atoms with Gasteiger partial charge < -0.3 is 15.7 Å². The number of hydrogen-bond acceptors (Lipinski definition) is 2. The summed E-state index contributed by atoms with van der Waals surface area (Å²) in [6.07, 6.45) is 0. The predicted molar refractivity (Wildman–Crippen MR) is 61.2 cm³/mol. The van der Waals surface area contributed by atoms with E-state index in [1.54, 1.807) is 0 Å². The van der Waals surface area contributed by atoms with Crippen LogP contribution in [0.1, 0.15) is 0 Å². The first-order valence-electron chi connectivity index (χ1n) is 4.41. The first-order valence-corrected chi connectivity index (χ1v) is 5.17. The largest absolute Gasteiger partial charge is 0.508 e. The zero-order valence-electron chi connectivity index (χ0n) is 7.72. The summed E-state index contributed by atoms with van der Waals surface area (Å²) in [6, 6.07) is 2.81. The van der Waals surface area contributed by atoms with Crippen molar-refractivity contribution in [1.29, 1.82) is 0 Å². The quantitative estimate of drug-likeness (QED) is 0.709. The molecule has 0 bridgehead atoms. The monoisotopic (exact) mass is 245 g/mol. The Hall–Kier alpha value is -1.13. The molecule has 0 saturated carbocycles. The maximum atomic E-state index is 9.23. The van der Waals surface area contributed by atoms with Crippen molar-refractivity contribution in [3.05, 3.63) is 22.2 Å². The zero-order chi connectivity index (χ0) is 10.8. The normalized spacial score (nSPS) is 14.7. The highest BCUT2D eigenvalue weighted by atomic mass is 35.5. The fourth-order valence-corrected chi connectivity index (χ4v) is 1.83. The SMILES string of the molecule is Oc1cc(Cl)c(N=C2NCCN2)c(Cl)c1. The Kier molecular flexibility index (Phi) is 2.88. The molecule has 0 aromatic heterocycles. The highest BCUT2D eigenvalue weighted by Crippen LogP contribution is 2.36. The van der Waals surface area contributed by atoms with Crippen LogP contribution in [0, 0.1) is 0 Å². The number of aliphatic imine (C=N–C) groups is 1. The molecule has 0 aliphatic carbocycles. The minimum atomic E-state index is 0.0290. The summed E-state index contributed by atoms with van der Waals surface area (Å²) in [7, 11) is 0. The highest BCUT2D eigenvalue weighted by Gasteiger charge is 2.10. The van der Waals surface area contributed by atoms with Gasteiger partial charge in [0.15, 0.2) is 5.96 Å². The molecule has 3 N–H and O–H groups in total. The van der Waals surface area contributed by atoms with Crippen LogP contribution in [-0.2, 0) is 0 Å². The summed E-state index contributed by atoms with van der Waals surface area (Å²) in [4.78, 5) is 4.22. The Morgan fingerprint density at radius 2 is 1.67 bits per heavy atom. The van der Waals surface area contributed by atoms with Crippen molar-refractivity contribution in [2.24, 2.45) is 4.99 Å². The van der Waals surface area contributed by atoms with E-state index in [0.717, 1.165) is 13.1 Å². The molecule has 15 heavy (non-hydrogen) atoms. The number of nitrogens with one attached hydrogen (secondary N) is 2. The molecule has 1 aliphatic heterocycles. The number of nitrogens with zero attached hydrogens (tertiary/aromatic N) is 1. The lowest BCUT2D eigenvalue weighted by Gasteiger charge is -2.04. The van der Waals surface area contributed by atoms with Crippen molar-refractivity contribution in [2.45, 2.75) is 0 Å². The van der Waals surface area contributed by atoms with Gasteiger partial charge in [-0.05, 0) is 0 Å². The second-order valence-electron chi connectivity index (χ2n) is 3.07. The molecule has 80 valence electrons. The van der Waals surface area contributed by atoms with Gasteiger partial charge in [0, 0.05) is 25.2 Å². The Labute approximate surface area is 96.9 Å². The van der Waals surface area contributed by atoms with Crippen LogP contribution in [0.5, 0.6) is 5.75 Å². The highest BCUT2D eigenvalue weighted by molar-refractivity contribution is 6.39. The summed E-state index contributed by atoms with van der Waals surface area (Å²) in [5, 5.41) is 15.9. The number of halogens is 2. The second-order valence-corrected chi connectivity index (χ2v) is 3.89. The molecule has 1 aromatic carbocycles.